The average Bonchev–Trinajstić information content (AvgIpc) is 2.82. The Bertz CT molecular complexity index is 372. The lowest BCUT2D eigenvalue weighted by Crippen LogP contribution is -2.30. The molecule has 0 bridgehead atoms. The van der Waals surface area contributed by atoms with Crippen molar-refractivity contribution in [1.29, 1.82) is 0 Å². The first-order valence-corrected chi connectivity index (χ1v) is 6.76. The summed E-state index contributed by atoms with van der Waals surface area (Å²) < 4.78 is 0. The van der Waals surface area contributed by atoms with Gasteiger partial charge in [-0.05, 0) is 43.7 Å². The Morgan fingerprint density at radius 3 is 2.71 bits per heavy atom. The van der Waals surface area contributed by atoms with Crippen LogP contribution >= 0.6 is 11.6 Å². The molecule has 94 valence electrons. The van der Waals surface area contributed by atoms with E-state index >= 15 is 0 Å². The van der Waals surface area contributed by atoms with Crippen LogP contribution in [0.4, 0.5) is 5.69 Å². The molecule has 2 nitrogen and oxygen atoms in total. The molecule has 0 unspecified atom stereocenters. The second-order valence-electron chi connectivity index (χ2n) is 4.85. The molecule has 1 saturated carbocycles. The lowest BCUT2D eigenvalue weighted by Gasteiger charge is -2.29. The van der Waals surface area contributed by atoms with Crippen molar-refractivity contribution < 1.29 is 0 Å². The molecule has 1 aliphatic carbocycles. The molecule has 0 aliphatic heterocycles. The highest BCUT2D eigenvalue weighted by atomic mass is 35.5. The van der Waals surface area contributed by atoms with Crippen molar-refractivity contribution in [3.63, 3.8) is 0 Å². The second kappa shape index (κ2) is 5.74. The highest BCUT2D eigenvalue weighted by Crippen LogP contribution is 2.30. The molecule has 0 atom stereocenters. The zero-order valence-corrected chi connectivity index (χ0v) is 11.4. The zero-order chi connectivity index (χ0) is 12.3. The number of rotatable bonds is 4. The fourth-order valence-corrected chi connectivity index (χ4v) is 2.91. The number of hydrogen-bond acceptors (Lipinski definition) is 2. The Morgan fingerprint density at radius 1 is 1.35 bits per heavy atom. The van der Waals surface area contributed by atoms with Crippen LogP contribution in [0.5, 0.6) is 0 Å². The average molecular weight is 253 g/mol. The molecule has 1 aromatic rings. The molecule has 0 saturated heterocycles. The quantitative estimate of drug-likeness (QED) is 0.883. The van der Waals surface area contributed by atoms with Crippen molar-refractivity contribution in [1.82, 2.24) is 5.32 Å². The maximum Gasteiger partial charge on any atom is 0.0412 e. The minimum Gasteiger partial charge on any atom is -0.371 e. The Kier molecular flexibility index (Phi) is 4.30. The van der Waals surface area contributed by atoms with Crippen molar-refractivity contribution in [2.45, 2.75) is 38.3 Å². The van der Waals surface area contributed by atoms with E-state index in [1.165, 1.54) is 36.9 Å². The van der Waals surface area contributed by atoms with Crippen molar-refractivity contribution in [2.24, 2.45) is 0 Å². The van der Waals surface area contributed by atoms with E-state index in [9.17, 15) is 0 Å². The third kappa shape index (κ3) is 2.93. The van der Waals surface area contributed by atoms with Gasteiger partial charge in [-0.2, -0.15) is 0 Å². The maximum atomic E-state index is 6.07. The van der Waals surface area contributed by atoms with E-state index in [0.717, 1.165) is 11.6 Å². The first-order chi connectivity index (χ1) is 8.22. The van der Waals surface area contributed by atoms with E-state index in [4.69, 9.17) is 11.6 Å². The number of benzene rings is 1. The molecular formula is C14H21ClN2. The molecule has 0 amide bonds. The molecule has 0 radical (unpaired) electrons. The van der Waals surface area contributed by atoms with Crippen LogP contribution in [0.25, 0.3) is 0 Å². The van der Waals surface area contributed by atoms with E-state index in [-0.39, 0.29) is 0 Å². The van der Waals surface area contributed by atoms with Crippen LogP contribution in [-0.2, 0) is 6.54 Å². The van der Waals surface area contributed by atoms with Gasteiger partial charge in [-0.15, -0.1) is 0 Å². The second-order valence-corrected chi connectivity index (χ2v) is 5.29. The van der Waals surface area contributed by atoms with Gasteiger partial charge >= 0.3 is 0 Å². The molecule has 17 heavy (non-hydrogen) atoms. The third-order valence-corrected chi connectivity index (χ3v) is 3.90. The van der Waals surface area contributed by atoms with Crippen molar-refractivity contribution >= 4 is 17.3 Å². The zero-order valence-electron chi connectivity index (χ0n) is 10.7. The van der Waals surface area contributed by atoms with Crippen LogP contribution in [0.1, 0.15) is 31.2 Å². The van der Waals surface area contributed by atoms with Gasteiger partial charge in [0.15, 0.2) is 0 Å². The summed E-state index contributed by atoms with van der Waals surface area (Å²) >= 11 is 6.07. The van der Waals surface area contributed by atoms with Gasteiger partial charge in [-0.3, -0.25) is 0 Å². The van der Waals surface area contributed by atoms with Crippen LogP contribution in [0.2, 0.25) is 5.02 Å². The van der Waals surface area contributed by atoms with Gasteiger partial charge in [-0.25, -0.2) is 0 Å². The summed E-state index contributed by atoms with van der Waals surface area (Å²) in [4.78, 5) is 2.43. The normalized spacial score (nSPS) is 16.4. The fraction of sp³-hybridized carbons (Fsp3) is 0.571. The van der Waals surface area contributed by atoms with E-state index in [2.05, 4.69) is 29.4 Å². The van der Waals surface area contributed by atoms with Crippen LogP contribution < -0.4 is 10.2 Å². The summed E-state index contributed by atoms with van der Waals surface area (Å²) in [5, 5.41) is 4.03. The van der Waals surface area contributed by atoms with E-state index in [1.807, 2.05) is 13.1 Å². The molecule has 1 fully saturated rings. The Balaban J connectivity index is 2.23. The molecular weight excluding hydrogens is 232 g/mol. The van der Waals surface area contributed by atoms with Gasteiger partial charge in [0.2, 0.25) is 0 Å². The lowest BCUT2D eigenvalue weighted by atomic mass is 10.1. The minimum absolute atomic E-state index is 0.701. The number of halogens is 1. The summed E-state index contributed by atoms with van der Waals surface area (Å²) in [6, 6.07) is 6.90. The van der Waals surface area contributed by atoms with Gasteiger partial charge in [0.05, 0.1) is 0 Å². The Morgan fingerprint density at radius 2 is 2.06 bits per heavy atom. The first-order valence-electron chi connectivity index (χ1n) is 6.38. The number of nitrogens with one attached hydrogen (secondary N) is 1. The van der Waals surface area contributed by atoms with E-state index < -0.39 is 0 Å². The highest BCUT2D eigenvalue weighted by Gasteiger charge is 2.21. The smallest absolute Gasteiger partial charge is 0.0412 e. The molecule has 2 rings (SSSR count). The first kappa shape index (κ1) is 12.7. The minimum atomic E-state index is 0.701. The van der Waals surface area contributed by atoms with Crippen molar-refractivity contribution in [3.8, 4) is 0 Å². The van der Waals surface area contributed by atoms with Crippen LogP contribution in [-0.4, -0.2) is 20.1 Å². The van der Waals surface area contributed by atoms with Gasteiger partial charge in [-0.1, -0.05) is 24.4 Å². The van der Waals surface area contributed by atoms with Gasteiger partial charge in [0.25, 0.3) is 0 Å². The predicted molar refractivity (Wildman–Crippen MR) is 74.9 cm³/mol. The maximum absolute atomic E-state index is 6.07. The fourth-order valence-electron chi connectivity index (χ4n) is 2.72. The Labute approximate surface area is 109 Å². The van der Waals surface area contributed by atoms with Gasteiger partial charge < -0.3 is 10.2 Å². The lowest BCUT2D eigenvalue weighted by molar-refractivity contribution is 0.648. The summed E-state index contributed by atoms with van der Waals surface area (Å²) in [7, 11) is 4.18. The third-order valence-electron chi connectivity index (χ3n) is 3.66. The van der Waals surface area contributed by atoms with Gasteiger partial charge in [0, 0.05) is 30.3 Å². The van der Waals surface area contributed by atoms with E-state index in [0.29, 0.717) is 6.04 Å². The summed E-state index contributed by atoms with van der Waals surface area (Å²) in [6.07, 6.45) is 5.37. The molecule has 0 heterocycles. The van der Waals surface area contributed by atoms with Crippen LogP contribution in [0.3, 0.4) is 0 Å². The summed E-state index contributed by atoms with van der Waals surface area (Å²) in [6.45, 7) is 0.868. The largest absolute Gasteiger partial charge is 0.371 e. The van der Waals surface area contributed by atoms with E-state index in [1.54, 1.807) is 0 Å². The predicted octanol–water partition coefficient (Wildman–Crippen LogP) is 3.44. The SMILES string of the molecule is CNCc1cc(Cl)ccc1N(C)C1CCCC1. The molecule has 1 aromatic carbocycles. The highest BCUT2D eigenvalue weighted by molar-refractivity contribution is 6.30. The number of hydrogen-bond donors (Lipinski definition) is 1. The number of anilines is 1. The topological polar surface area (TPSA) is 15.3 Å². The van der Waals surface area contributed by atoms with Gasteiger partial charge in [0.1, 0.15) is 0 Å². The molecule has 1 N–H and O–H groups in total. The number of nitrogens with zero attached hydrogens (tertiary/aromatic N) is 1. The van der Waals surface area contributed by atoms with Crippen LogP contribution in [0.15, 0.2) is 18.2 Å². The molecule has 0 spiro atoms. The molecule has 3 heteroatoms. The molecule has 0 aromatic heterocycles. The standard InChI is InChI=1S/C14H21ClN2/c1-16-10-11-9-12(15)7-8-14(11)17(2)13-5-3-4-6-13/h7-9,13,16H,3-6,10H2,1-2H3. The van der Waals surface area contributed by atoms with Crippen LogP contribution in [0, 0.1) is 0 Å². The van der Waals surface area contributed by atoms with Crippen molar-refractivity contribution in [3.05, 3.63) is 28.8 Å². The molecule has 1 aliphatic rings. The summed E-state index contributed by atoms with van der Waals surface area (Å²) in [5.41, 5.74) is 2.60. The monoisotopic (exact) mass is 252 g/mol. The Hall–Kier alpha value is -0.730. The summed E-state index contributed by atoms with van der Waals surface area (Å²) in [5.74, 6) is 0. The van der Waals surface area contributed by atoms with Crippen molar-refractivity contribution in [2.75, 3.05) is 19.0 Å².